The van der Waals surface area contributed by atoms with Crippen LogP contribution in [0.15, 0.2) is 24.3 Å². The van der Waals surface area contributed by atoms with Crippen LogP contribution in [0.4, 0.5) is 5.69 Å². The maximum Gasteiger partial charge on any atom is 0.320 e. The molecule has 0 saturated carbocycles. The summed E-state index contributed by atoms with van der Waals surface area (Å²) < 4.78 is 0. The Hall–Kier alpha value is -1.92. The molecule has 1 fully saturated rings. The number of benzene rings is 1. The number of hydrogen-bond acceptors (Lipinski definition) is 4. The van der Waals surface area contributed by atoms with E-state index in [0.717, 1.165) is 17.8 Å². The first-order valence-electron chi connectivity index (χ1n) is 7.50. The normalized spacial score (nSPS) is 17.8. The average molecular weight is 305 g/mol. The van der Waals surface area contributed by atoms with E-state index in [1.54, 1.807) is 4.90 Å². The Balaban J connectivity index is 2.02. The van der Waals surface area contributed by atoms with Gasteiger partial charge < -0.3 is 15.7 Å². The maximum atomic E-state index is 12.2. The molecule has 2 rings (SSSR count). The first kappa shape index (κ1) is 16.5. The molecule has 0 aromatic heterocycles. The summed E-state index contributed by atoms with van der Waals surface area (Å²) in [5.74, 6) is -0.918. The molecule has 1 atom stereocenters. The minimum Gasteiger partial charge on any atom is -0.480 e. The predicted molar refractivity (Wildman–Crippen MR) is 84.8 cm³/mol. The van der Waals surface area contributed by atoms with Crippen LogP contribution in [0.2, 0.25) is 0 Å². The molecule has 6 heteroatoms. The zero-order chi connectivity index (χ0) is 16.3. The lowest BCUT2D eigenvalue weighted by Crippen LogP contribution is -2.52. The first-order chi connectivity index (χ1) is 10.4. The number of carbonyl (C=O) groups is 2. The van der Waals surface area contributed by atoms with Crippen molar-refractivity contribution in [1.82, 2.24) is 4.90 Å². The molecule has 3 N–H and O–H groups in total. The lowest BCUT2D eigenvalue weighted by atomic mass is 10.1. The SMILES string of the molecule is CC(C)N1CCN(c2ccc(CC(N)C(=O)O)cc2)C(=O)C1. The molecule has 6 nitrogen and oxygen atoms in total. The monoisotopic (exact) mass is 305 g/mol. The topological polar surface area (TPSA) is 86.9 Å². The van der Waals surface area contributed by atoms with E-state index in [1.807, 2.05) is 24.3 Å². The smallest absolute Gasteiger partial charge is 0.320 e. The number of rotatable bonds is 5. The summed E-state index contributed by atoms with van der Waals surface area (Å²) in [5.41, 5.74) is 7.23. The van der Waals surface area contributed by atoms with E-state index >= 15 is 0 Å². The van der Waals surface area contributed by atoms with Gasteiger partial charge in [-0.3, -0.25) is 14.5 Å². The molecule has 0 radical (unpaired) electrons. The predicted octanol–water partition coefficient (Wildman–Crippen LogP) is 0.698. The van der Waals surface area contributed by atoms with Crippen LogP contribution in [0.5, 0.6) is 0 Å². The second kappa shape index (κ2) is 6.89. The average Bonchev–Trinajstić information content (AvgIpc) is 2.48. The van der Waals surface area contributed by atoms with Crippen LogP contribution >= 0.6 is 0 Å². The van der Waals surface area contributed by atoms with E-state index < -0.39 is 12.0 Å². The Morgan fingerprint density at radius 1 is 1.27 bits per heavy atom. The molecule has 0 spiro atoms. The van der Waals surface area contributed by atoms with Crippen LogP contribution < -0.4 is 10.6 Å². The van der Waals surface area contributed by atoms with Crippen molar-refractivity contribution in [2.75, 3.05) is 24.5 Å². The fraction of sp³-hybridized carbons (Fsp3) is 0.500. The highest BCUT2D eigenvalue weighted by atomic mass is 16.4. The second-order valence-electron chi connectivity index (χ2n) is 5.92. The van der Waals surface area contributed by atoms with Crippen molar-refractivity contribution in [3.8, 4) is 0 Å². The third kappa shape index (κ3) is 3.84. The molecular formula is C16H23N3O3. The zero-order valence-corrected chi connectivity index (χ0v) is 13.0. The molecule has 1 unspecified atom stereocenters. The van der Waals surface area contributed by atoms with Crippen LogP contribution in [0.3, 0.4) is 0 Å². The fourth-order valence-electron chi connectivity index (χ4n) is 2.56. The number of piperazine rings is 1. The molecule has 120 valence electrons. The fourth-order valence-corrected chi connectivity index (χ4v) is 2.56. The number of carboxylic acids is 1. The molecule has 1 amide bonds. The van der Waals surface area contributed by atoms with Gasteiger partial charge in [0.15, 0.2) is 0 Å². The van der Waals surface area contributed by atoms with Crippen LogP contribution in [-0.2, 0) is 16.0 Å². The summed E-state index contributed by atoms with van der Waals surface area (Å²) in [6.07, 6.45) is 0.282. The highest BCUT2D eigenvalue weighted by Crippen LogP contribution is 2.19. The molecule has 0 aliphatic carbocycles. The van der Waals surface area contributed by atoms with Crippen molar-refractivity contribution in [2.45, 2.75) is 32.4 Å². The molecule has 1 aliphatic rings. The third-order valence-electron chi connectivity index (χ3n) is 4.00. The number of hydrogen-bond donors (Lipinski definition) is 2. The Labute approximate surface area is 130 Å². The van der Waals surface area contributed by atoms with Crippen molar-refractivity contribution in [2.24, 2.45) is 5.73 Å². The number of aliphatic carboxylic acids is 1. The van der Waals surface area contributed by atoms with Crippen LogP contribution in [0, 0.1) is 0 Å². The highest BCUT2D eigenvalue weighted by Gasteiger charge is 2.26. The molecule has 1 heterocycles. The van der Waals surface area contributed by atoms with Gasteiger partial charge in [0.1, 0.15) is 6.04 Å². The van der Waals surface area contributed by atoms with Crippen molar-refractivity contribution >= 4 is 17.6 Å². The Morgan fingerprint density at radius 2 is 1.91 bits per heavy atom. The van der Waals surface area contributed by atoms with Crippen molar-refractivity contribution < 1.29 is 14.7 Å². The van der Waals surface area contributed by atoms with Crippen molar-refractivity contribution in [3.05, 3.63) is 29.8 Å². The number of anilines is 1. The number of amides is 1. The van der Waals surface area contributed by atoms with Crippen molar-refractivity contribution in [3.63, 3.8) is 0 Å². The number of nitrogens with two attached hydrogens (primary N) is 1. The van der Waals surface area contributed by atoms with E-state index in [2.05, 4.69) is 18.7 Å². The summed E-state index contributed by atoms with van der Waals surface area (Å²) in [6, 6.07) is 6.84. The molecule has 22 heavy (non-hydrogen) atoms. The zero-order valence-electron chi connectivity index (χ0n) is 13.0. The Morgan fingerprint density at radius 3 is 2.41 bits per heavy atom. The standard InChI is InChI=1S/C16H23N3O3/c1-11(2)18-7-8-19(15(20)10-18)13-5-3-12(4-6-13)9-14(17)16(21)22/h3-6,11,14H,7-10,17H2,1-2H3,(H,21,22). The van der Waals surface area contributed by atoms with Gasteiger partial charge in [0.25, 0.3) is 0 Å². The van der Waals surface area contributed by atoms with Crippen LogP contribution in [-0.4, -0.2) is 53.6 Å². The van der Waals surface area contributed by atoms with Crippen molar-refractivity contribution in [1.29, 1.82) is 0 Å². The van der Waals surface area contributed by atoms with E-state index in [-0.39, 0.29) is 12.3 Å². The van der Waals surface area contributed by atoms with Gasteiger partial charge in [0.2, 0.25) is 5.91 Å². The van der Waals surface area contributed by atoms with E-state index in [4.69, 9.17) is 10.8 Å². The Kier molecular flexibility index (Phi) is 5.15. The number of carbonyl (C=O) groups excluding carboxylic acids is 1. The third-order valence-corrected chi connectivity index (χ3v) is 4.00. The van der Waals surface area contributed by atoms with Gasteiger partial charge in [0, 0.05) is 24.8 Å². The largest absolute Gasteiger partial charge is 0.480 e. The lowest BCUT2D eigenvalue weighted by molar-refractivity contribution is -0.138. The van der Waals surface area contributed by atoms with E-state index in [0.29, 0.717) is 19.1 Å². The van der Waals surface area contributed by atoms with Gasteiger partial charge in [-0.2, -0.15) is 0 Å². The lowest BCUT2D eigenvalue weighted by Gasteiger charge is -2.36. The second-order valence-corrected chi connectivity index (χ2v) is 5.92. The number of nitrogens with zero attached hydrogens (tertiary/aromatic N) is 2. The molecule has 1 aromatic rings. The summed E-state index contributed by atoms with van der Waals surface area (Å²) in [7, 11) is 0. The molecule has 1 aromatic carbocycles. The number of carboxylic acid groups (broad SMARTS) is 1. The van der Waals surface area contributed by atoms with Gasteiger partial charge in [-0.05, 0) is 38.0 Å². The van der Waals surface area contributed by atoms with Gasteiger partial charge in [-0.15, -0.1) is 0 Å². The quantitative estimate of drug-likeness (QED) is 0.836. The minimum absolute atomic E-state index is 0.0925. The summed E-state index contributed by atoms with van der Waals surface area (Å²) in [6.45, 7) is 6.14. The van der Waals surface area contributed by atoms with Crippen LogP contribution in [0.25, 0.3) is 0 Å². The highest BCUT2D eigenvalue weighted by molar-refractivity contribution is 5.95. The van der Waals surface area contributed by atoms with Gasteiger partial charge in [-0.1, -0.05) is 12.1 Å². The Bertz CT molecular complexity index is 542. The molecule has 0 bridgehead atoms. The minimum atomic E-state index is -1.01. The molecular weight excluding hydrogens is 282 g/mol. The summed E-state index contributed by atoms with van der Waals surface area (Å²) >= 11 is 0. The van der Waals surface area contributed by atoms with E-state index in [9.17, 15) is 9.59 Å². The summed E-state index contributed by atoms with van der Waals surface area (Å²) in [5, 5.41) is 8.82. The van der Waals surface area contributed by atoms with Gasteiger partial charge >= 0.3 is 5.97 Å². The van der Waals surface area contributed by atoms with Gasteiger partial charge in [-0.25, -0.2) is 0 Å². The molecule has 1 saturated heterocycles. The van der Waals surface area contributed by atoms with Gasteiger partial charge in [0.05, 0.1) is 6.54 Å². The first-order valence-corrected chi connectivity index (χ1v) is 7.50. The van der Waals surface area contributed by atoms with E-state index in [1.165, 1.54) is 0 Å². The molecule has 1 aliphatic heterocycles. The maximum absolute atomic E-state index is 12.2. The summed E-state index contributed by atoms with van der Waals surface area (Å²) in [4.78, 5) is 26.9. The van der Waals surface area contributed by atoms with Crippen LogP contribution in [0.1, 0.15) is 19.4 Å².